The van der Waals surface area contributed by atoms with E-state index in [-0.39, 0.29) is 5.75 Å². The summed E-state index contributed by atoms with van der Waals surface area (Å²) in [5.74, 6) is -0.468. The number of nitrogens with two attached hydrogens (primary N) is 1. The number of aryl methyl sites for hydroxylation is 1. The Labute approximate surface area is 143 Å². The van der Waals surface area contributed by atoms with Crippen molar-refractivity contribution in [3.8, 4) is 0 Å². The van der Waals surface area contributed by atoms with Gasteiger partial charge >= 0.3 is 0 Å². The van der Waals surface area contributed by atoms with Crippen LogP contribution in [-0.2, 0) is 10.0 Å². The van der Waals surface area contributed by atoms with Crippen LogP contribution in [0.3, 0.4) is 0 Å². The molecule has 3 N–H and O–H groups in total. The van der Waals surface area contributed by atoms with Crippen LogP contribution in [0.2, 0.25) is 0 Å². The standard InChI is InChI=1S/C17H25N3O3S/c1-3-24(22,23)19-13-10-12(2)15(16(18)21)14(11-13)20-8-6-17(4-5-17)7-9-20/h10-11,19H,3-9H2,1-2H3,(H2,18,21). The molecule has 7 heteroatoms. The highest BCUT2D eigenvalue weighted by Crippen LogP contribution is 2.54. The molecular weight excluding hydrogens is 326 g/mol. The zero-order valence-corrected chi connectivity index (χ0v) is 15.1. The quantitative estimate of drug-likeness (QED) is 0.851. The average Bonchev–Trinajstić information content (AvgIpc) is 3.26. The van der Waals surface area contributed by atoms with Crippen LogP contribution in [0.4, 0.5) is 11.4 Å². The maximum Gasteiger partial charge on any atom is 0.251 e. The molecule has 1 heterocycles. The van der Waals surface area contributed by atoms with Gasteiger partial charge in [0.05, 0.1) is 22.7 Å². The first-order valence-corrected chi connectivity index (χ1v) is 10.1. The molecule has 1 aliphatic carbocycles. The van der Waals surface area contributed by atoms with Gasteiger partial charge in [0.15, 0.2) is 0 Å². The van der Waals surface area contributed by atoms with Crippen molar-refractivity contribution in [3.63, 3.8) is 0 Å². The zero-order valence-electron chi connectivity index (χ0n) is 14.3. The van der Waals surface area contributed by atoms with E-state index in [4.69, 9.17) is 5.73 Å². The smallest absolute Gasteiger partial charge is 0.251 e. The molecule has 1 aromatic carbocycles. The minimum atomic E-state index is -3.36. The Hall–Kier alpha value is -1.76. The van der Waals surface area contributed by atoms with Crippen LogP contribution in [-0.4, -0.2) is 33.2 Å². The largest absolute Gasteiger partial charge is 0.371 e. The molecule has 3 rings (SSSR count). The molecule has 132 valence electrons. The van der Waals surface area contributed by atoms with Crippen molar-refractivity contribution in [1.29, 1.82) is 0 Å². The maximum atomic E-state index is 11.9. The van der Waals surface area contributed by atoms with Gasteiger partial charge in [-0.2, -0.15) is 0 Å². The topological polar surface area (TPSA) is 92.5 Å². The molecular formula is C17H25N3O3S. The number of amides is 1. The molecule has 24 heavy (non-hydrogen) atoms. The number of rotatable bonds is 5. The number of hydrogen-bond donors (Lipinski definition) is 2. The second kappa shape index (κ2) is 5.95. The predicted octanol–water partition coefficient (Wildman–Crippen LogP) is 2.24. The number of carbonyl (C=O) groups excluding carboxylic acids is 1. The Bertz CT molecular complexity index is 760. The summed E-state index contributed by atoms with van der Waals surface area (Å²) in [7, 11) is -3.36. The molecule has 0 aromatic heterocycles. The van der Waals surface area contributed by atoms with Crippen LogP contribution < -0.4 is 15.4 Å². The minimum absolute atomic E-state index is 0.00514. The van der Waals surface area contributed by atoms with Crippen molar-refractivity contribution in [2.75, 3.05) is 28.5 Å². The third kappa shape index (κ3) is 3.36. The number of hydrogen-bond acceptors (Lipinski definition) is 4. The van der Waals surface area contributed by atoms with Gasteiger partial charge in [-0.25, -0.2) is 8.42 Å². The summed E-state index contributed by atoms with van der Waals surface area (Å²) in [6.07, 6.45) is 4.85. The highest BCUT2D eigenvalue weighted by Gasteiger charge is 2.44. The fourth-order valence-corrected chi connectivity index (χ4v) is 4.17. The summed E-state index contributed by atoms with van der Waals surface area (Å²) >= 11 is 0. The summed E-state index contributed by atoms with van der Waals surface area (Å²) in [4.78, 5) is 14.1. The number of nitrogens with zero attached hydrogens (tertiary/aromatic N) is 1. The first kappa shape index (κ1) is 17.1. The number of sulfonamides is 1. The summed E-state index contributed by atoms with van der Waals surface area (Å²) in [6, 6.07) is 3.41. The number of carbonyl (C=O) groups is 1. The lowest BCUT2D eigenvalue weighted by molar-refractivity contribution is 0.1000. The normalized spacial score (nSPS) is 19.3. The SMILES string of the molecule is CCS(=O)(=O)Nc1cc(C)c(C(N)=O)c(N2CCC3(CC2)CC3)c1. The van der Waals surface area contributed by atoms with Crippen LogP contribution in [0.25, 0.3) is 0 Å². The Kier molecular flexibility index (Phi) is 4.23. The van der Waals surface area contributed by atoms with Crippen LogP contribution >= 0.6 is 0 Å². The lowest BCUT2D eigenvalue weighted by Gasteiger charge is -2.35. The first-order valence-electron chi connectivity index (χ1n) is 8.45. The molecule has 0 radical (unpaired) electrons. The average molecular weight is 351 g/mol. The van der Waals surface area contributed by atoms with E-state index in [1.807, 2.05) is 0 Å². The van der Waals surface area contributed by atoms with E-state index < -0.39 is 15.9 Å². The van der Waals surface area contributed by atoms with E-state index in [9.17, 15) is 13.2 Å². The van der Waals surface area contributed by atoms with E-state index in [0.717, 1.165) is 31.6 Å². The molecule has 1 aliphatic heterocycles. The molecule has 1 saturated heterocycles. The number of anilines is 2. The molecule has 0 unspecified atom stereocenters. The van der Waals surface area contributed by atoms with E-state index in [2.05, 4.69) is 9.62 Å². The lowest BCUT2D eigenvalue weighted by atomic mass is 9.92. The predicted molar refractivity (Wildman–Crippen MR) is 95.9 cm³/mol. The van der Waals surface area contributed by atoms with Crippen molar-refractivity contribution < 1.29 is 13.2 Å². The third-order valence-electron chi connectivity index (χ3n) is 5.34. The molecule has 0 bridgehead atoms. The van der Waals surface area contributed by atoms with Gasteiger partial charge in [0.1, 0.15) is 0 Å². The van der Waals surface area contributed by atoms with Crippen LogP contribution in [0.5, 0.6) is 0 Å². The fraction of sp³-hybridized carbons (Fsp3) is 0.588. The van der Waals surface area contributed by atoms with Gasteiger partial charge in [-0.3, -0.25) is 9.52 Å². The Morgan fingerprint density at radius 3 is 2.38 bits per heavy atom. The molecule has 1 aromatic rings. The van der Waals surface area contributed by atoms with Crippen molar-refractivity contribution >= 4 is 27.3 Å². The van der Waals surface area contributed by atoms with Crippen LogP contribution in [0.1, 0.15) is 48.5 Å². The summed E-state index contributed by atoms with van der Waals surface area (Å²) in [6.45, 7) is 5.14. The molecule has 1 amide bonds. The van der Waals surface area contributed by atoms with E-state index in [1.54, 1.807) is 26.0 Å². The molecule has 6 nitrogen and oxygen atoms in total. The van der Waals surface area contributed by atoms with E-state index >= 15 is 0 Å². The summed E-state index contributed by atoms with van der Waals surface area (Å²) in [5.41, 5.74) is 8.53. The number of benzene rings is 1. The maximum absolute atomic E-state index is 11.9. The molecule has 1 saturated carbocycles. The minimum Gasteiger partial charge on any atom is -0.371 e. The Balaban J connectivity index is 1.95. The molecule has 2 aliphatic rings. The second-order valence-corrected chi connectivity index (χ2v) is 9.06. The van der Waals surface area contributed by atoms with Gasteiger partial charge in [-0.1, -0.05) is 0 Å². The van der Waals surface area contributed by atoms with Crippen molar-refractivity contribution in [3.05, 3.63) is 23.3 Å². The van der Waals surface area contributed by atoms with Crippen molar-refractivity contribution in [1.82, 2.24) is 0 Å². The number of primary amides is 1. The lowest BCUT2D eigenvalue weighted by Crippen LogP contribution is -2.36. The van der Waals surface area contributed by atoms with Gasteiger partial charge in [0.2, 0.25) is 10.0 Å². The van der Waals surface area contributed by atoms with Gasteiger partial charge in [0.25, 0.3) is 5.91 Å². The highest BCUT2D eigenvalue weighted by molar-refractivity contribution is 7.92. The Morgan fingerprint density at radius 1 is 1.25 bits per heavy atom. The second-order valence-electron chi connectivity index (χ2n) is 7.04. The number of nitrogens with one attached hydrogen (secondary N) is 1. The fourth-order valence-electron chi connectivity index (χ4n) is 3.55. The summed E-state index contributed by atoms with van der Waals surface area (Å²) < 4.78 is 26.3. The first-order chi connectivity index (χ1) is 11.3. The number of piperidine rings is 1. The van der Waals surface area contributed by atoms with Crippen molar-refractivity contribution in [2.24, 2.45) is 11.1 Å². The third-order valence-corrected chi connectivity index (χ3v) is 6.64. The van der Waals surface area contributed by atoms with Crippen LogP contribution in [0.15, 0.2) is 12.1 Å². The van der Waals surface area contributed by atoms with Gasteiger partial charge in [-0.05, 0) is 62.6 Å². The molecule has 1 spiro atoms. The molecule has 0 atom stereocenters. The van der Waals surface area contributed by atoms with Gasteiger partial charge in [0, 0.05) is 13.1 Å². The van der Waals surface area contributed by atoms with Gasteiger partial charge < -0.3 is 10.6 Å². The van der Waals surface area contributed by atoms with E-state index in [0.29, 0.717) is 22.2 Å². The Morgan fingerprint density at radius 2 is 1.88 bits per heavy atom. The van der Waals surface area contributed by atoms with Crippen molar-refractivity contribution in [2.45, 2.75) is 39.5 Å². The zero-order chi connectivity index (χ0) is 17.5. The van der Waals surface area contributed by atoms with Gasteiger partial charge in [-0.15, -0.1) is 0 Å². The van der Waals surface area contributed by atoms with Crippen LogP contribution in [0, 0.1) is 12.3 Å². The van der Waals surface area contributed by atoms with E-state index in [1.165, 1.54) is 12.8 Å². The molecule has 2 fully saturated rings. The monoisotopic (exact) mass is 351 g/mol. The summed E-state index contributed by atoms with van der Waals surface area (Å²) in [5, 5.41) is 0. The highest BCUT2D eigenvalue weighted by atomic mass is 32.2.